The summed E-state index contributed by atoms with van der Waals surface area (Å²) in [5.74, 6) is 0.0328. The third-order valence-corrected chi connectivity index (χ3v) is 3.92. The molecule has 0 radical (unpaired) electrons. The summed E-state index contributed by atoms with van der Waals surface area (Å²) in [4.78, 5) is 11.1. The molecular formula is C17H23N3O3. The van der Waals surface area contributed by atoms with Crippen molar-refractivity contribution in [1.82, 2.24) is 15.5 Å². The number of benzene rings is 1. The van der Waals surface area contributed by atoms with Crippen LogP contribution in [0, 0.1) is 5.41 Å². The first-order valence-electron chi connectivity index (χ1n) is 7.55. The number of carboxylic acids is 1. The molecule has 1 aromatic carbocycles. The highest BCUT2D eigenvalue weighted by Gasteiger charge is 2.26. The van der Waals surface area contributed by atoms with Crippen molar-refractivity contribution in [2.24, 2.45) is 5.41 Å². The Morgan fingerprint density at radius 2 is 2.04 bits per heavy atom. The summed E-state index contributed by atoms with van der Waals surface area (Å²) in [6.45, 7) is 4.73. The Balaban J connectivity index is 1.95. The van der Waals surface area contributed by atoms with E-state index in [2.05, 4.69) is 15.5 Å². The molecule has 0 unspecified atom stereocenters. The van der Waals surface area contributed by atoms with Crippen LogP contribution in [0.25, 0.3) is 11.3 Å². The van der Waals surface area contributed by atoms with Gasteiger partial charge in [-0.3, -0.25) is 9.89 Å². The molecule has 3 N–H and O–H groups in total. The van der Waals surface area contributed by atoms with E-state index < -0.39 is 11.4 Å². The maximum absolute atomic E-state index is 11.1. The number of rotatable bonds is 8. The molecule has 1 heterocycles. The van der Waals surface area contributed by atoms with Crippen LogP contribution in [0.3, 0.4) is 0 Å². The average molecular weight is 317 g/mol. The predicted molar refractivity (Wildman–Crippen MR) is 88.3 cm³/mol. The van der Waals surface area contributed by atoms with E-state index in [4.69, 9.17) is 9.84 Å². The number of methoxy groups -OCH3 is 1. The molecule has 0 aliphatic heterocycles. The average Bonchev–Trinajstić information content (AvgIpc) is 3.00. The van der Waals surface area contributed by atoms with Crippen LogP contribution in [0.1, 0.15) is 25.8 Å². The van der Waals surface area contributed by atoms with Gasteiger partial charge in [0.2, 0.25) is 0 Å². The van der Waals surface area contributed by atoms with Gasteiger partial charge in [0.1, 0.15) is 5.75 Å². The Bertz CT molecular complexity index is 647. The SMILES string of the molecule is COc1ccc(-c2[nH]ncc2CNCCC(C)(C)C(=O)O)cc1. The first kappa shape index (κ1) is 17.0. The van der Waals surface area contributed by atoms with E-state index in [0.717, 1.165) is 22.6 Å². The topological polar surface area (TPSA) is 87.2 Å². The van der Waals surface area contributed by atoms with Gasteiger partial charge in [-0.05, 0) is 51.1 Å². The minimum atomic E-state index is -0.776. The van der Waals surface area contributed by atoms with Crippen LogP contribution in [0.2, 0.25) is 0 Å². The Morgan fingerprint density at radius 3 is 2.65 bits per heavy atom. The third kappa shape index (κ3) is 4.32. The number of hydrogen-bond acceptors (Lipinski definition) is 4. The fourth-order valence-electron chi connectivity index (χ4n) is 2.18. The standard InChI is InChI=1S/C17H23N3O3/c1-17(2,16(21)22)8-9-18-10-13-11-19-20-15(13)12-4-6-14(23-3)7-5-12/h4-7,11,18H,8-10H2,1-3H3,(H,19,20)(H,21,22). The highest BCUT2D eigenvalue weighted by molar-refractivity contribution is 5.73. The number of aromatic nitrogens is 2. The molecule has 124 valence electrons. The fraction of sp³-hybridized carbons (Fsp3) is 0.412. The van der Waals surface area contributed by atoms with Crippen molar-refractivity contribution in [3.63, 3.8) is 0 Å². The molecule has 2 aromatic rings. The number of aliphatic carboxylic acids is 1. The Hall–Kier alpha value is -2.34. The molecule has 0 aliphatic carbocycles. The summed E-state index contributed by atoms with van der Waals surface area (Å²) >= 11 is 0. The second kappa shape index (κ2) is 7.28. The van der Waals surface area contributed by atoms with E-state index in [1.807, 2.05) is 24.3 Å². The van der Waals surface area contributed by atoms with E-state index in [9.17, 15) is 4.79 Å². The first-order chi connectivity index (χ1) is 10.9. The van der Waals surface area contributed by atoms with E-state index >= 15 is 0 Å². The van der Waals surface area contributed by atoms with Gasteiger partial charge in [-0.25, -0.2) is 0 Å². The van der Waals surface area contributed by atoms with Crippen LogP contribution in [-0.2, 0) is 11.3 Å². The number of hydrogen-bond donors (Lipinski definition) is 3. The van der Waals surface area contributed by atoms with Crippen molar-refractivity contribution in [2.75, 3.05) is 13.7 Å². The van der Waals surface area contributed by atoms with Gasteiger partial charge >= 0.3 is 5.97 Å². The van der Waals surface area contributed by atoms with Crippen LogP contribution >= 0.6 is 0 Å². The number of aromatic amines is 1. The number of carboxylic acid groups (broad SMARTS) is 1. The van der Waals surface area contributed by atoms with E-state index in [1.165, 1.54) is 0 Å². The van der Waals surface area contributed by atoms with Crippen molar-refractivity contribution >= 4 is 5.97 Å². The zero-order valence-electron chi connectivity index (χ0n) is 13.7. The number of nitrogens with zero attached hydrogens (tertiary/aromatic N) is 1. The molecule has 0 saturated carbocycles. The van der Waals surface area contributed by atoms with Crippen LogP contribution < -0.4 is 10.1 Å². The van der Waals surface area contributed by atoms with Gasteiger partial charge in [0.05, 0.1) is 24.4 Å². The lowest BCUT2D eigenvalue weighted by Gasteiger charge is -2.18. The molecular weight excluding hydrogens is 294 g/mol. The van der Waals surface area contributed by atoms with Gasteiger partial charge in [0, 0.05) is 17.7 Å². The molecule has 0 spiro atoms. The molecule has 23 heavy (non-hydrogen) atoms. The molecule has 0 amide bonds. The van der Waals surface area contributed by atoms with Crippen molar-refractivity contribution in [2.45, 2.75) is 26.8 Å². The summed E-state index contributed by atoms with van der Waals surface area (Å²) in [5, 5.41) is 19.5. The van der Waals surface area contributed by atoms with Crippen molar-refractivity contribution < 1.29 is 14.6 Å². The molecule has 0 atom stereocenters. The zero-order chi connectivity index (χ0) is 16.9. The maximum atomic E-state index is 11.1. The van der Waals surface area contributed by atoms with Crippen LogP contribution in [-0.4, -0.2) is 34.9 Å². The van der Waals surface area contributed by atoms with Gasteiger partial charge in [0.25, 0.3) is 0 Å². The second-order valence-electron chi connectivity index (χ2n) is 6.11. The third-order valence-electron chi connectivity index (χ3n) is 3.92. The molecule has 6 heteroatoms. The molecule has 0 saturated heterocycles. The lowest BCUT2D eigenvalue weighted by molar-refractivity contribution is -0.147. The van der Waals surface area contributed by atoms with Crippen molar-refractivity contribution in [3.8, 4) is 17.0 Å². The lowest BCUT2D eigenvalue weighted by Crippen LogP contribution is -2.28. The molecule has 0 bridgehead atoms. The van der Waals surface area contributed by atoms with Gasteiger partial charge in [-0.15, -0.1) is 0 Å². The summed E-state index contributed by atoms with van der Waals surface area (Å²) in [5.41, 5.74) is 2.31. The van der Waals surface area contributed by atoms with Crippen LogP contribution in [0.15, 0.2) is 30.5 Å². The fourth-order valence-corrected chi connectivity index (χ4v) is 2.18. The van der Waals surface area contributed by atoms with Crippen molar-refractivity contribution in [3.05, 3.63) is 36.0 Å². The monoisotopic (exact) mass is 317 g/mol. The van der Waals surface area contributed by atoms with Gasteiger partial charge in [-0.2, -0.15) is 5.10 Å². The summed E-state index contributed by atoms with van der Waals surface area (Å²) in [6.07, 6.45) is 2.35. The van der Waals surface area contributed by atoms with Gasteiger partial charge in [-0.1, -0.05) is 0 Å². The van der Waals surface area contributed by atoms with Gasteiger partial charge < -0.3 is 15.2 Å². The number of ether oxygens (including phenoxy) is 1. The Morgan fingerprint density at radius 1 is 1.35 bits per heavy atom. The summed E-state index contributed by atoms with van der Waals surface area (Å²) in [6, 6.07) is 7.76. The van der Waals surface area contributed by atoms with E-state index in [0.29, 0.717) is 19.5 Å². The normalized spacial score (nSPS) is 11.4. The minimum absolute atomic E-state index is 0.568. The largest absolute Gasteiger partial charge is 0.497 e. The molecule has 0 aliphatic rings. The Labute approximate surface area is 135 Å². The quantitative estimate of drug-likeness (QED) is 0.652. The molecule has 0 fully saturated rings. The highest BCUT2D eigenvalue weighted by Crippen LogP contribution is 2.24. The highest BCUT2D eigenvalue weighted by atomic mass is 16.5. The molecule has 6 nitrogen and oxygen atoms in total. The van der Waals surface area contributed by atoms with E-state index in [-0.39, 0.29) is 0 Å². The summed E-state index contributed by atoms with van der Waals surface area (Å²) in [7, 11) is 1.64. The van der Waals surface area contributed by atoms with Crippen LogP contribution in [0.5, 0.6) is 5.75 Å². The predicted octanol–water partition coefficient (Wildman–Crippen LogP) is 2.68. The number of nitrogens with one attached hydrogen (secondary N) is 2. The zero-order valence-corrected chi connectivity index (χ0v) is 13.7. The van der Waals surface area contributed by atoms with Crippen LogP contribution in [0.4, 0.5) is 0 Å². The van der Waals surface area contributed by atoms with Crippen molar-refractivity contribution in [1.29, 1.82) is 0 Å². The Kier molecular flexibility index (Phi) is 5.39. The lowest BCUT2D eigenvalue weighted by atomic mass is 9.90. The number of H-pyrrole nitrogens is 1. The second-order valence-corrected chi connectivity index (χ2v) is 6.11. The first-order valence-corrected chi connectivity index (χ1v) is 7.55. The summed E-state index contributed by atoms with van der Waals surface area (Å²) < 4.78 is 5.16. The smallest absolute Gasteiger partial charge is 0.309 e. The maximum Gasteiger partial charge on any atom is 0.309 e. The van der Waals surface area contributed by atoms with Gasteiger partial charge in [0.15, 0.2) is 0 Å². The molecule has 2 rings (SSSR count). The molecule has 1 aromatic heterocycles. The number of carbonyl (C=O) groups is 1. The minimum Gasteiger partial charge on any atom is -0.497 e. The van der Waals surface area contributed by atoms with E-state index in [1.54, 1.807) is 27.2 Å².